The highest BCUT2D eigenvalue weighted by Gasteiger charge is 2.40. The number of piperidine rings is 1. The Morgan fingerprint density at radius 2 is 1.70 bits per heavy atom. The van der Waals surface area contributed by atoms with Gasteiger partial charge in [-0.2, -0.15) is 0 Å². The van der Waals surface area contributed by atoms with E-state index in [1.807, 2.05) is 30.3 Å². The van der Waals surface area contributed by atoms with Crippen molar-refractivity contribution in [3.63, 3.8) is 0 Å². The number of fused-ring (bicyclic) bond motifs is 2. The minimum atomic E-state index is -5.17. The summed E-state index contributed by atoms with van der Waals surface area (Å²) >= 11 is 0. The van der Waals surface area contributed by atoms with Gasteiger partial charge in [0.1, 0.15) is 12.0 Å². The molecule has 1 aromatic carbocycles. The van der Waals surface area contributed by atoms with Crippen LogP contribution in [0.2, 0.25) is 0 Å². The van der Waals surface area contributed by atoms with Crippen molar-refractivity contribution in [1.29, 1.82) is 0 Å². The predicted octanol–water partition coefficient (Wildman–Crippen LogP) is -0.232. The molecule has 9 nitrogen and oxygen atoms in total. The molecule has 4 atom stereocenters. The normalized spacial score (nSPS) is 25.6. The van der Waals surface area contributed by atoms with Gasteiger partial charge in [-0.1, -0.05) is 30.3 Å². The van der Waals surface area contributed by atoms with E-state index in [1.54, 1.807) is 0 Å². The summed E-state index contributed by atoms with van der Waals surface area (Å²) in [6.07, 6.45) is 4.26. The maximum absolute atomic E-state index is 12.4. The average Bonchev–Trinajstić information content (AvgIpc) is 2.77. The second-order valence-corrected chi connectivity index (χ2v) is 7.45. The van der Waals surface area contributed by atoms with Crippen LogP contribution in [0, 0.1) is 0 Å². The lowest BCUT2D eigenvalue weighted by atomic mass is 9.98. The molecule has 0 spiro atoms. The molecule has 27 heavy (non-hydrogen) atoms. The monoisotopic (exact) mass is 403 g/mol. The van der Waals surface area contributed by atoms with Crippen molar-refractivity contribution in [2.45, 2.75) is 49.8 Å². The number of nitrogens with zero attached hydrogens (tertiary/aromatic N) is 1. The fraction of sp³-hybridized carbons (Fsp3) is 0.588. The molecule has 0 aromatic heterocycles. The van der Waals surface area contributed by atoms with Gasteiger partial charge in [0, 0.05) is 22.5 Å². The second-order valence-electron chi connectivity index (χ2n) is 6.63. The summed E-state index contributed by atoms with van der Waals surface area (Å²) in [6, 6.07) is 10.5. The van der Waals surface area contributed by atoms with E-state index in [4.69, 9.17) is 22.3 Å². The van der Waals surface area contributed by atoms with Gasteiger partial charge in [0.15, 0.2) is 0 Å². The van der Waals surface area contributed by atoms with Crippen LogP contribution >= 0.6 is 0 Å². The van der Waals surface area contributed by atoms with Crippen LogP contribution in [0.1, 0.15) is 37.2 Å². The molecule has 2 unspecified atom stereocenters. The Morgan fingerprint density at radius 1 is 1.22 bits per heavy atom. The molecule has 2 aliphatic rings. The number of benzene rings is 1. The van der Waals surface area contributed by atoms with E-state index >= 15 is 0 Å². The minimum Gasteiger partial charge on any atom is -0.759 e. The van der Waals surface area contributed by atoms with Gasteiger partial charge in [0.25, 0.3) is 0 Å². The zero-order chi connectivity index (χ0) is 19.3. The van der Waals surface area contributed by atoms with Crippen LogP contribution in [0.15, 0.2) is 30.3 Å². The fourth-order valence-corrected chi connectivity index (χ4v) is 3.71. The quantitative estimate of drug-likeness (QED) is 0.409. The van der Waals surface area contributed by atoms with E-state index in [-0.39, 0.29) is 24.2 Å². The van der Waals surface area contributed by atoms with E-state index in [2.05, 4.69) is 11.9 Å². The highest BCUT2D eigenvalue weighted by Crippen LogP contribution is 2.36. The maximum atomic E-state index is 12.4. The first-order chi connectivity index (χ1) is 12.2. The Morgan fingerprint density at radius 3 is 2.15 bits per heavy atom. The third-order valence-electron chi connectivity index (χ3n) is 5.01. The standard InChI is InChI=1S/C17H23NO3.H2O4S.H2O/c1-18-13-7-8-14(18)10-15(9-13)21-17(20)16(11-19)12-5-3-2-4-6-12;1-5(2,3)4;/h2-6,13-16,19H,7-11H2,1H3;(H2,1,2,3,4);1H2/p-2/t13-,14+,15?,16?;;. The number of ether oxygens (including phenoxy) is 1. The van der Waals surface area contributed by atoms with Crippen LogP contribution in [-0.4, -0.2) is 70.8 Å². The number of hydrogen-bond acceptors (Lipinski definition) is 8. The summed E-state index contributed by atoms with van der Waals surface area (Å²) < 4.78 is 39.8. The van der Waals surface area contributed by atoms with Gasteiger partial charge in [-0.15, -0.1) is 0 Å². The summed E-state index contributed by atoms with van der Waals surface area (Å²) in [7, 11) is -3.00. The number of aliphatic hydroxyl groups excluding tert-OH is 1. The predicted molar refractivity (Wildman–Crippen MR) is 94.0 cm³/mol. The molecule has 2 fully saturated rings. The number of aliphatic hydroxyl groups is 1. The molecular formula is C17H25NO8S-2. The molecule has 2 aliphatic heterocycles. The molecule has 3 rings (SSSR count). The highest BCUT2D eigenvalue weighted by molar-refractivity contribution is 7.79. The molecule has 0 radical (unpaired) electrons. The van der Waals surface area contributed by atoms with Gasteiger partial charge in [0.05, 0.1) is 6.61 Å². The lowest BCUT2D eigenvalue weighted by molar-refractivity contribution is -0.155. The number of carbonyl (C=O) groups excluding carboxylic acids is 1. The Balaban J connectivity index is 0.000000542. The zero-order valence-electron chi connectivity index (χ0n) is 15.0. The topological polar surface area (TPSA) is 162 Å². The molecule has 154 valence electrons. The van der Waals surface area contributed by atoms with Crippen molar-refractivity contribution >= 4 is 16.4 Å². The summed E-state index contributed by atoms with van der Waals surface area (Å²) in [5, 5.41) is 9.53. The van der Waals surface area contributed by atoms with Gasteiger partial charge >= 0.3 is 5.97 Å². The molecule has 2 saturated heterocycles. The summed E-state index contributed by atoms with van der Waals surface area (Å²) in [4.78, 5) is 14.8. The molecule has 2 heterocycles. The third-order valence-corrected chi connectivity index (χ3v) is 5.01. The van der Waals surface area contributed by atoms with E-state index in [1.165, 1.54) is 12.8 Å². The van der Waals surface area contributed by atoms with Gasteiger partial charge in [-0.3, -0.25) is 13.2 Å². The SMILES string of the molecule is CN1[C@@H]2CC[C@H]1CC(OC(=O)C(CO)c1ccccc1)C2.O.O=S(=O)([O-])[O-]. The number of carbonyl (C=O) groups is 1. The molecule has 0 aliphatic carbocycles. The van der Waals surface area contributed by atoms with Crippen LogP contribution in [0.3, 0.4) is 0 Å². The van der Waals surface area contributed by atoms with Crippen LogP contribution in [0.25, 0.3) is 0 Å². The fourth-order valence-electron chi connectivity index (χ4n) is 3.71. The van der Waals surface area contributed by atoms with Crippen LogP contribution < -0.4 is 0 Å². The molecule has 2 bridgehead atoms. The largest absolute Gasteiger partial charge is 0.759 e. The van der Waals surface area contributed by atoms with Crippen molar-refractivity contribution in [2.75, 3.05) is 13.7 Å². The van der Waals surface area contributed by atoms with Crippen molar-refractivity contribution in [3.05, 3.63) is 35.9 Å². The minimum absolute atomic E-state index is 0. The third kappa shape index (κ3) is 7.17. The number of hydrogen-bond donors (Lipinski definition) is 1. The molecule has 0 saturated carbocycles. The zero-order valence-corrected chi connectivity index (χ0v) is 15.8. The maximum Gasteiger partial charge on any atom is 0.316 e. The van der Waals surface area contributed by atoms with Gasteiger partial charge < -0.3 is 29.3 Å². The average molecular weight is 403 g/mol. The first-order valence-corrected chi connectivity index (χ1v) is 9.77. The van der Waals surface area contributed by atoms with Crippen molar-refractivity contribution in [2.24, 2.45) is 0 Å². The smallest absolute Gasteiger partial charge is 0.316 e. The van der Waals surface area contributed by atoms with Gasteiger partial charge in [0.2, 0.25) is 0 Å². The molecule has 1 aromatic rings. The second kappa shape index (κ2) is 10.1. The van der Waals surface area contributed by atoms with Crippen LogP contribution in [-0.2, 0) is 19.9 Å². The Bertz CT molecular complexity index is 674. The van der Waals surface area contributed by atoms with E-state index < -0.39 is 16.3 Å². The Hall–Kier alpha value is -1.56. The molecule has 0 amide bonds. The lowest BCUT2D eigenvalue weighted by Gasteiger charge is -2.36. The first-order valence-electron chi connectivity index (χ1n) is 8.44. The Labute approximate surface area is 158 Å². The van der Waals surface area contributed by atoms with Crippen LogP contribution in [0.4, 0.5) is 0 Å². The number of esters is 1. The van der Waals surface area contributed by atoms with Crippen molar-refractivity contribution in [3.8, 4) is 0 Å². The molecule has 3 N–H and O–H groups in total. The van der Waals surface area contributed by atoms with Gasteiger partial charge in [-0.25, -0.2) is 0 Å². The van der Waals surface area contributed by atoms with E-state index in [9.17, 15) is 9.90 Å². The first kappa shape index (κ1) is 23.5. The van der Waals surface area contributed by atoms with E-state index in [0.717, 1.165) is 18.4 Å². The van der Waals surface area contributed by atoms with Crippen LogP contribution in [0.5, 0.6) is 0 Å². The highest BCUT2D eigenvalue weighted by atomic mass is 32.3. The summed E-state index contributed by atoms with van der Waals surface area (Å²) in [6.45, 7) is -0.206. The number of rotatable bonds is 4. The van der Waals surface area contributed by atoms with Crippen molar-refractivity contribution < 1.29 is 37.6 Å². The Kier molecular flexibility index (Phi) is 8.79. The summed E-state index contributed by atoms with van der Waals surface area (Å²) in [5.74, 6) is -0.860. The van der Waals surface area contributed by atoms with Crippen molar-refractivity contribution in [1.82, 2.24) is 4.90 Å². The van der Waals surface area contributed by atoms with E-state index in [0.29, 0.717) is 12.1 Å². The molecular weight excluding hydrogens is 378 g/mol. The summed E-state index contributed by atoms with van der Waals surface area (Å²) in [5.41, 5.74) is 0.820. The molecule has 10 heteroatoms. The lowest BCUT2D eigenvalue weighted by Crippen LogP contribution is -2.43. The van der Waals surface area contributed by atoms with Gasteiger partial charge in [-0.05, 0) is 38.3 Å².